The summed E-state index contributed by atoms with van der Waals surface area (Å²) in [5.41, 5.74) is 21.6. The number of nitrogens with two attached hydrogens (primary N) is 4. The van der Waals surface area contributed by atoms with Gasteiger partial charge in [0.2, 0.25) is 11.9 Å². The summed E-state index contributed by atoms with van der Waals surface area (Å²) in [6.45, 7) is 7.22. The van der Waals surface area contributed by atoms with Crippen LogP contribution in [0.1, 0.15) is 53.4 Å². The second-order valence-corrected chi connectivity index (χ2v) is 16.4. The molecule has 0 aliphatic heterocycles. The summed E-state index contributed by atoms with van der Waals surface area (Å²) in [5.74, 6) is 1.09. The Morgan fingerprint density at radius 2 is 0.886 bits per heavy atom. The number of rotatable bonds is 20. The van der Waals surface area contributed by atoms with Gasteiger partial charge in [-0.1, -0.05) is 48.5 Å². The number of hydrogen-bond donors (Lipinski definition) is 7. The largest absolute Gasteiger partial charge is 0.497 e. The number of carbonyl (C=O) groups is 1. The monoisotopic (exact) mass is 962 g/mol. The van der Waals surface area contributed by atoms with Gasteiger partial charge in [0.25, 0.3) is 0 Å². The Morgan fingerprint density at radius 3 is 1.20 bits per heavy atom. The van der Waals surface area contributed by atoms with E-state index in [0.29, 0.717) is 22.8 Å². The lowest BCUT2D eigenvalue weighted by molar-refractivity contribution is 0.0696. The van der Waals surface area contributed by atoms with Gasteiger partial charge in [0.1, 0.15) is 22.8 Å². The van der Waals surface area contributed by atoms with Crippen molar-refractivity contribution in [2.24, 2.45) is 32.9 Å². The van der Waals surface area contributed by atoms with E-state index in [0.717, 1.165) is 25.8 Å². The number of ether oxygens (including phenoxy) is 3. The van der Waals surface area contributed by atoms with Crippen molar-refractivity contribution in [3.8, 4) is 17.2 Å². The normalized spacial score (nSPS) is 10.8. The van der Waals surface area contributed by atoms with Crippen LogP contribution in [0, 0.1) is 0 Å². The third-order valence-corrected chi connectivity index (χ3v) is 9.91. The minimum absolute atomic E-state index is 0.0466. The number of methoxy groups -OCH3 is 2. The summed E-state index contributed by atoms with van der Waals surface area (Å²) in [7, 11) is 3.14. The molecule has 0 atom stereocenters. The molecule has 6 rings (SSSR count). The smallest absolute Gasteiger partial charge is 0.355 e. The minimum Gasteiger partial charge on any atom is -0.497 e. The molecule has 0 aliphatic carbocycles. The Balaban J connectivity index is 0.000000261. The van der Waals surface area contributed by atoms with Gasteiger partial charge in [-0.2, -0.15) is 9.97 Å². The van der Waals surface area contributed by atoms with Crippen LogP contribution >= 0.6 is 0 Å². The van der Waals surface area contributed by atoms with Gasteiger partial charge < -0.3 is 52.9 Å². The summed E-state index contributed by atoms with van der Waals surface area (Å²) >= 11 is 0. The first-order chi connectivity index (χ1) is 33.3. The van der Waals surface area contributed by atoms with Gasteiger partial charge in [0.05, 0.1) is 59.1 Å². The molecule has 0 saturated carbocycles. The molecular formula is C47H58N14O9. The van der Waals surface area contributed by atoms with Crippen LogP contribution in [0.2, 0.25) is 0 Å². The Bertz CT molecular complexity index is 3000. The number of aromatic nitrogens is 6. The molecule has 23 nitrogen and oxygen atoms in total. The number of aliphatic imine (C=N–C) groups is 2. The molecule has 0 spiro atoms. The predicted molar refractivity (Wildman–Crippen MR) is 266 cm³/mol. The Hall–Kier alpha value is -8.89. The van der Waals surface area contributed by atoms with E-state index < -0.39 is 28.7 Å². The zero-order valence-electron chi connectivity index (χ0n) is 39.5. The molecule has 11 N–H and O–H groups in total. The molecule has 2 heterocycles. The maximum Gasteiger partial charge on any atom is 0.355 e. The highest BCUT2D eigenvalue weighted by Gasteiger charge is 2.17. The topological polar surface area (TPSA) is 332 Å². The number of carboxylic acids is 1. The highest BCUT2D eigenvalue weighted by molar-refractivity contribution is 5.87. The molecule has 370 valence electrons. The number of carboxylic acid groups (broad SMARTS) is 1. The van der Waals surface area contributed by atoms with E-state index in [-0.39, 0.29) is 87.3 Å². The van der Waals surface area contributed by atoms with Crippen molar-refractivity contribution >= 4 is 29.8 Å². The van der Waals surface area contributed by atoms with Crippen molar-refractivity contribution in [2.45, 2.75) is 52.6 Å². The minimum atomic E-state index is -1.07. The first-order valence-electron chi connectivity index (χ1n) is 21.7. The van der Waals surface area contributed by atoms with Crippen molar-refractivity contribution < 1.29 is 24.1 Å². The summed E-state index contributed by atoms with van der Waals surface area (Å²) in [4.78, 5) is 79.3. The molecule has 2 aromatic heterocycles. The molecular weight excluding hydrogens is 905 g/mol. The van der Waals surface area contributed by atoms with E-state index in [9.17, 15) is 24.0 Å². The molecule has 0 radical (unpaired) electrons. The standard InChI is InChI=1S/C25H33N7O4.C22H25N7O5/c1-25(2,3)36-20-11-7-18(8-12-20)16-32-23(33)30-22(29-14-13-28-21(26)27)31(24(32)34)15-17-5-9-19(35-4)10-6-17;1-34-17-8-4-15(5-9-17)12-28-20(26-11-10-25-19(23)24)27-21(32)29(22(28)33)13-14-2-6-16(7-3-14)18(30)31/h5-12H,13-16H2,1-4H3,(H4,26,27,28)(H,29,30,33);2-9H,10-13H2,1H3,(H,30,31)(H4,23,24,25)(H,26,27,32). The van der Waals surface area contributed by atoms with Crippen LogP contribution in [0.3, 0.4) is 0 Å². The average Bonchev–Trinajstić information content (AvgIpc) is 3.32. The lowest BCUT2D eigenvalue weighted by Crippen LogP contribution is -2.43. The van der Waals surface area contributed by atoms with E-state index in [1.165, 1.54) is 21.3 Å². The van der Waals surface area contributed by atoms with Crippen LogP contribution in [0.4, 0.5) is 11.9 Å². The quantitative estimate of drug-likeness (QED) is 0.0322. The van der Waals surface area contributed by atoms with Crippen molar-refractivity contribution in [2.75, 3.05) is 51.0 Å². The van der Waals surface area contributed by atoms with Crippen LogP contribution in [0.25, 0.3) is 0 Å². The van der Waals surface area contributed by atoms with Crippen LogP contribution in [-0.4, -0.2) is 97.2 Å². The number of nitrogens with zero attached hydrogens (tertiary/aromatic N) is 8. The third-order valence-electron chi connectivity index (χ3n) is 9.91. The maximum absolute atomic E-state index is 13.5. The molecule has 0 fully saturated rings. The van der Waals surface area contributed by atoms with Crippen LogP contribution < -0.4 is 70.5 Å². The van der Waals surface area contributed by atoms with Crippen molar-refractivity contribution in [1.82, 2.24) is 28.2 Å². The number of guanidine groups is 2. The Morgan fingerprint density at radius 1 is 0.557 bits per heavy atom. The van der Waals surface area contributed by atoms with E-state index >= 15 is 0 Å². The van der Waals surface area contributed by atoms with Crippen molar-refractivity contribution in [3.05, 3.63) is 167 Å². The van der Waals surface area contributed by atoms with Gasteiger partial charge in [0, 0.05) is 13.1 Å². The van der Waals surface area contributed by atoms with Gasteiger partial charge in [-0.05, 0) is 91.6 Å². The van der Waals surface area contributed by atoms with Crippen molar-refractivity contribution in [3.63, 3.8) is 0 Å². The number of anilines is 2. The Labute approximate surface area is 401 Å². The molecule has 6 aromatic rings. The number of benzene rings is 4. The summed E-state index contributed by atoms with van der Waals surface area (Å²) in [5, 5.41) is 15.0. The first kappa shape index (κ1) is 52.1. The van der Waals surface area contributed by atoms with E-state index in [4.69, 9.17) is 42.3 Å². The van der Waals surface area contributed by atoms with Gasteiger partial charge in [-0.15, -0.1) is 0 Å². The molecule has 4 aromatic carbocycles. The number of nitrogens with one attached hydrogen (secondary N) is 2. The second kappa shape index (κ2) is 24.2. The zero-order chi connectivity index (χ0) is 51.0. The molecule has 0 unspecified atom stereocenters. The van der Waals surface area contributed by atoms with E-state index in [1.807, 2.05) is 57.2 Å². The fourth-order valence-corrected chi connectivity index (χ4v) is 6.55. The fraction of sp³-hybridized carbons (Fsp3) is 0.298. The highest BCUT2D eigenvalue weighted by atomic mass is 16.5. The molecule has 70 heavy (non-hydrogen) atoms. The summed E-state index contributed by atoms with van der Waals surface area (Å²) in [6.07, 6.45) is 0. The van der Waals surface area contributed by atoms with Gasteiger partial charge in [-0.25, -0.2) is 33.1 Å². The lowest BCUT2D eigenvalue weighted by atomic mass is 10.1. The summed E-state index contributed by atoms with van der Waals surface area (Å²) < 4.78 is 21.1. The number of hydrogen-bond acceptors (Lipinski definition) is 14. The van der Waals surface area contributed by atoms with Gasteiger partial charge in [-0.3, -0.25) is 19.1 Å². The molecule has 23 heteroatoms. The second-order valence-electron chi connectivity index (χ2n) is 16.4. The van der Waals surface area contributed by atoms with Crippen LogP contribution in [-0.2, 0) is 26.2 Å². The highest BCUT2D eigenvalue weighted by Crippen LogP contribution is 2.19. The van der Waals surface area contributed by atoms with Gasteiger partial charge in [0.15, 0.2) is 11.9 Å². The average molecular weight is 963 g/mol. The predicted octanol–water partition coefficient (Wildman–Crippen LogP) is 1.27. The lowest BCUT2D eigenvalue weighted by Gasteiger charge is -2.21. The van der Waals surface area contributed by atoms with Crippen LogP contribution in [0.5, 0.6) is 17.2 Å². The first-order valence-corrected chi connectivity index (χ1v) is 21.7. The SMILES string of the molecule is COc1ccc(Cn2c(NCCN=C(N)N)nc(=O)n(Cc3ccc(C(=O)O)cc3)c2=O)cc1.COc1ccc(Cn2c(NCCN=C(N)N)nc(=O)n(Cc3ccc(OC(C)(C)C)cc3)c2=O)cc1. The zero-order valence-corrected chi connectivity index (χ0v) is 39.5. The molecule has 0 bridgehead atoms. The van der Waals surface area contributed by atoms with E-state index in [1.54, 1.807) is 62.8 Å². The van der Waals surface area contributed by atoms with Crippen LogP contribution in [0.15, 0.2) is 126 Å². The third kappa shape index (κ3) is 15.3. The molecule has 0 aliphatic rings. The molecule has 0 saturated heterocycles. The van der Waals surface area contributed by atoms with Crippen molar-refractivity contribution in [1.29, 1.82) is 0 Å². The maximum atomic E-state index is 13.5. The number of aromatic carboxylic acids is 1. The summed E-state index contributed by atoms with van der Waals surface area (Å²) in [6, 6.07) is 27.6. The Kier molecular flexibility index (Phi) is 18.0. The fourth-order valence-electron chi connectivity index (χ4n) is 6.55. The van der Waals surface area contributed by atoms with E-state index in [2.05, 4.69) is 30.6 Å². The van der Waals surface area contributed by atoms with Gasteiger partial charge >= 0.3 is 28.7 Å². The molecule has 0 amide bonds.